The first kappa shape index (κ1) is 14.3. The van der Waals surface area contributed by atoms with Crippen molar-refractivity contribution in [2.45, 2.75) is 10.1 Å². The second-order valence-electron chi connectivity index (χ2n) is 4.75. The lowest BCUT2D eigenvalue weighted by molar-refractivity contribution is 0.527. The highest BCUT2D eigenvalue weighted by Crippen LogP contribution is 2.31. The maximum Gasteiger partial charge on any atom is 0.247 e. The van der Waals surface area contributed by atoms with E-state index in [0.717, 1.165) is 14.6 Å². The minimum absolute atomic E-state index is 0.324. The van der Waals surface area contributed by atoms with Crippen molar-refractivity contribution in [1.29, 1.82) is 0 Å². The Labute approximate surface area is 139 Å². The third-order valence-corrected chi connectivity index (χ3v) is 5.30. The zero-order valence-corrected chi connectivity index (χ0v) is 13.4. The van der Waals surface area contributed by atoms with Crippen LogP contribution in [0.1, 0.15) is 5.89 Å². The Morgan fingerprint density at radius 3 is 2.87 bits per heavy atom. The molecule has 2 aromatic carbocycles. The molecule has 7 heteroatoms. The molecule has 0 bridgehead atoms. The molecule has 4 nitrogen and oxygen atoms in total. The van der Waals surface area contributed by atoms with Gasteiger partial charge in [-0.1, -0.05) is 30.0 Å². The number of aromatic nitrogens is 3. The predicted octanol–water partition coefficient (Wildman–Crippen LogP) is 4.78. The Kier molecular flexibility index (Phi) is 3.80. The Morgan fingerprint density at radius 2 is 2.00 bits per heavy atom. The molecule has 0 unspecified atom stereocenters. The molecule has 0 aliphatic carbocycles. The normalized spacial score (nSPS) is 11.2. The number of fused-ring (bicyclic) bond motifs is 1. The van der Waals surface area contributed by atoms with Crippen molar-refractivity contribution < 1.29 is 8.81 Å². The SMILES string of the molecule is Fc1cccc(-c2nnc(CSc3nc4ccccc4s3)o2)c1. The van der Waals surface area contributed by atoms with Crippen LogP contribution in [0.5, 0.6) is 0 Å². The van der Waals surface area contributed by atoms with Crippen LogP contribution in [-0.2, 0) is 5.75 Å². The van der Waals surface area contributed by atoms with Gasteiger partial charge in [-0.2, -0.15) is 0 Å². The summed E-state index contributed by atoms with van der Waals surface area (Å²) in [5, 5.41) is 7.98. The van der Waals surface area contributed by atoms with Crippen LogP contribution in [0.2, 0.25) is 0 Å². The van der Waals surface area contributed by atoms with Crippen LogP contribution in [0.4, 0.5) is 4.39 Å². The summed E-state index contributed by atoms with van der Waals surface area (Å²) < 4.78 is 20.9. The molecule has 2 aromatic heterocycles. The Hall–Kier alpha value is -2.25. The van der Waals surface area contributed by atoms with Crippen LogP contribution < -0.4 is 0 Å². The van der Waals surface area contributed by atoms with Crippen molar-refractivity contribution in [2.24, 2.45) is 0 Å². The van der Waals surface area contributed by atoms with Gasteiger partial charge >= 0.3 is 0 Å². The van der Waals surface area contributed by atoms with E-state index in [2.05, 4.69) is 15.2 Å². The van der Waals surface area contributed by atoms with Crippen molar-refractivity contribution in [3.8, 4) is 11.5 Å². The summed E-state index contributed by atoms with van der Waals surface area (Å²) in [6.45, 7) is 0. The topological polar surface area (TPSA) is 51.8 Å². The van der Waals surface area contributed by atoms with E-state index in [1.54, 1.807) is 35.2 Å². The highest BCUT2D eigenvalue weighted by Gasteiger charge is 2.11. The summed E-state index contributed by atoms with van der Waals surface area (Å²) in [7, 11) is 0. The molecule has 0 spiro atoms. The number of nitrogens with zero attached hydrogens (tertiary/aromatic N) is 3. The van der Waals surface area contributed by atoms with E-state index in [1.807, 2.05) is 24.3 Å². The summed E-state index contributed by atoms with van der Waals surface area (Å²) >= 11 is 3.18. The lowest BCUT2D eigenvalue weighted by Crippen LogP contribution is -1.79. The number of halogens is 1. The van der Waals surface area contributed by atoms with E-state index >= 15 is 0 Å². The summed E-state index contributed by atoms with van der Waals surface area (Å²) in [6.07, 6.45) is 0. The van der Waals surface area contributed by atoms with Crippen molar-refractivity contribution >= 4 is 33.3 Å². The van der Waals surface area contributed by atoms with Crippen molar-refractivity contribution in [1.82, 2.24) is 15.2 Å². The third kappa shape index (κ3) is 3.11. The van der Waals surface area contributed by atoms with Gasteiger partial charge in [-0.15, -0.1) is 21.5 Å². The first-order chi connectivity index (χ1) is 11.3. The minimum Gasteiger partial charge on any atom is -0.420 e. The molecule has 0 atom stereocenters. The third-order valence-electron chi connectivity index (χ3n) is 3.13. The number of benzene rings is 2. The molecule has 0 saturated carbocycles. The highest BCUT2D eigenvalue weighted by molar-refractivity contribution is 8.00. The molecule has 0 aliphatic rings. The predicted molar refractivity (Wildman–Crippen MR) is 88.9 cm³/mol. The molecule has 23 heavy (non-hydrogen) atoms. The van der Waals surface area contributed by atoms with Gasteiger partial charge in [0.1, 0.15) is 5.82 Å². The number of hydrogen-bond donors (Lipinski definition) is 0. The number of thiazole rings is 1. The zero-order chi connectivity index (χ0) is 15.6. The molecule has 4 aromatic rings. The second kappa shape index (κ2) is 6.10. The molecule has 2 heterocycles. The summed E-state index contributed by atoms with van der Waals surface area (Å²) in [5.41, 5.74) is 1.57. The highest BCUT2D eigenvalue weighted by atomic mass is 32.2. The average molecular weight is 343 g/mol. The molecule has 0 aliphatic heterocycles. The van der Waals surface area contributed by atoms with Gasteiger partial charge in [0.2, 0.25) is 11.8 Å². The van der Waals surface area contributed by atoms with Crippen molar-refractivity contribution in [3.63, 3.8) is 0 Å². The summed E-state index contributed by atoms with van der Waals surface area (Å²) in [5.74, 6) is 1.02. The Morgan fingerprint density at radius 1 is 1.09 bits per heavy atom. The average Bonchev–Trinajstić information content (AvgIpc) is 3.19. The molecule has 0 amide bonds. The maximum absolute atomic E-state index is 13.2. The van der Waals surface area contributed by atoms with Crippen molar-refractivity contribution in [2.75, 3.05) is 0 Å². The van der Waals surface area contributed by atoms with Gasteiger partial charge < -0.3 is 4.42 Å². The van der Waals surface area contributed by atoms with Gasteiger partial charge in [-0.25, -0.2) is 9.37 Å². The van der Waals surface area contributed by atoms with Gasteiger partial charge in [0, 0.05) is 5.56 Å². The zero-order valence-electron chi connectivity index (χ0n) is 11.8. The fraction of sp³-hybridized carbons (Fsp3) is 0.0625. The van der Waals surface area contributed by atoms with Gasteiger partial charge in [0.15, 0.2) is 4.34 Å². The summed E-state index contributed by atoms with van der Waals surface area (Å²) in [4.78, 5) is 4.55. The summed E-state index contributed by atoms with van der Waals surface area (Å²) in [6, 6.07) is 14.1. The molecular formula is C16H10FN3OS2. The van der Waals surface area contributed by atoms with Gasteiger partial charge in [0.25, 0.3) is 0 Å². The monoisotopic (exact) mass is 343 g/mol. The second-order valence-corrected chi connectivity index (χ2v) is 7.00. The van der Waals surface area contributed by atoms with E-state index in [4.69, 9.17) is 4.42 Å². The molecule has 114 valence electrons. The van der Waals surface area contributed by atoms with Crippen LogP contribution in [-0.4, -0.2) is 15.2 Å². The minimum atomic E-state index is -0.328. The fourth-order valence-corrected chi connectivity index (χ4v) is 3.99. The molecule has 0 radical (unpaired) electrons. The number of rotatable bonds is 4. The van der Waals surface area contributed by atoms with Gasteiger partial charge in [0.05, 0.1) is 16.0 Å². The Bertz CT molecular complexity index is 934. The number of para-hydroxylation sites is 1. The smallest absolute Gasteiger partial charge is 0.247 e. The molecular weight excluding hydrogens is 333 g/mol. The van der Waals surface area contributed by atoms with E-state index in [-0.39, 0.29) is 5.82 Å². The number of thioether (sulfide) groups is 1. The van der Waals surface area contributed by atoms with Crippen LogP contribution in [0, 0.1) is 5.82 Å². The number of hydrogen-bond acceptors (Lipinski definition) is 6. The van der Waals surface area contributed by atoms with Crippen LogP contribution in [0.3, 0.4) is 0 Å². The fourth-order valence-electron chi connectivity index (χ4n) is 2.09. The van der Waals surface area contributed by atoms with E-state index in [0.29, 0.717) is 23.1 Å². The standard InChI is InChI=1S/C16H10FN3OS2/c17-11-5-3-4-10(8-11)15-20-19-14(21-15)9-22-16-18-12-6-1-2-7-13(12)23-16/h1-8H,9H2. The van der Waals surface area contributed by atoms with E-state index < -0.39 is 0 Å². The van der Waals surface area contributed by atoms with Gasteiger partial charge in [-0.05, 0) is 30.3 Å². The van der Waals surface area contributed by atoms with Crippen LogP contribution >= 0.6 is 23.1 Å². The van der Waals surface area contributed by atoms with Gasteiger partial charge in [-0.3, -0.25) is 0 Å². The molecule has 0 N–H and O–H groups in total. The largest absolute Gasteiger partial charge is 0.420 e. The lowest BCUT2D eigenvalue weighted by Gasteiger charge is -1.94. The Balaban J connectivity index is 1.49. The first-order valence-electron chi connectivity index (χ1n) is 6.84. The first-order valence-corrected chi connectivity index (χ1v) is 8.65. The molecule has 4 rings (SSSR count). The van der Waals surface area contributed by atoms with E-state index in [9.17, 15) is 4.39 Å². The van der Waals surface area contributed by atoms with Crippen molar-refractivity contribution in [3.05, 3.63) is 60.2 Å². The molecule has 0 fully saturated rings. The lowest BCUT2D eigenvalue weighted by atomic mass is 10.2. The van der Waals surface area contributed by atoms with Crippen LogP contribution in [0.15, 0.2) is 57.3 Å². The maximum atomic E-state index is 13.2. The quantitative estimate of drug-likeness (QED) is 0.499. The van der Waals surface area contributed by atoms with E-state index in [1.165, 1.54) is 12.1 Å². The molecule has 0 saturated heterocycles. The van der Waals surface area contributed by atoms with Crippen LogP contribution in [0.25, 0.3) is 21.7 Å².